The van der Waals surface area contributed by atoms with Crippen LogP contribution in [0.1, 0.15) is 26.3 Å². The van der Waals surface area contributed by atoms with Gasteiger partial charge in [0.2, 0.25) is 0 Å². The van der Waals surface area contributed by atoms with Crippen molar-refractivity contribution in [2.75, 3.05) is 7.11 Å². The number of aliphatic hydroxyl groups excluding tert-OH is 1. The summed E-state index contributed by atoms with van der Waals surface area (Å²) in [6.07, 6.45) is -2.03. The molecule has 9 nitrogen and oxygen atoms in total. The molecule has 0 aliphatic carbocycles. The van der Waals surface area contributed by atoms with Crippen molar-refractivity contribution in [1.82, 2.24) is 10.6 Å². The lowest BCUT2D eigenvalue weighted by molar-refractivity contribution is -0.137. The first-order valence-electron chi connectivity index (χ1n) is 9.53. The molecule has 0 aromatic heterocycles. The van der Waals surface area contributed by atoms with Crippen LogP contribution in [-0.2, 0) is 25.6 Å². The van der Waals surface area contributed by atoms with Crippen LogP contribution in [0.15, 0.2) is 55.1 Å². The van der Waals surface area contributed by atoms with Crippen LogP contribution in [-0.4, -0.2) is 54.2 Å². The van der Waals surface area contributed by atoms with Crippen molar-refractivity contribution >= 4 is 18.2 Å². The highest BCUT2D eigenvalue weighted by atomic mass is 16.6. The third-order valence-electron chi connectivity index (χ3n) is 3.97. The van der Waals surface area contributed by atoms with Gasteiger partial charge in [-0.05, 0) is 26.3 Å². The van der Waals surface area contributed by atoms with Crippen molar-refractivity contribution in [3.05, 3.63) is 60.7 Å². The average molecular weight is 434 g/mol. The molecule has 0 fully saturated rings. The van der Waals surface area contributed by atoms with Gasteiger partial charge in [-0.15, -0.1) is 6.58 Å². The number of carbonyl (C=O) groups is 3. The van der Waals surface area contributed by atoms with Gasteiger partial charge in [0.15, 0.2) is 0 Å². The van der Waals surface area contributed by atoms with E-state index in [2.05, 4.69) is 28.5 Å². The Morgan fingerprint density at radius 1 is 1.13 bits per heavy atom. The highest BCUT2D eigenvalue weighted by Crippen LogP contribution is 2.14. The molecule has 0 unspecified atom stereocenters. The number of hydrogen-bond donors (Lipinski definition) is 3. The molecule has 170 valence electrons. The average Bonchev–Trinajstić information content (AvgIpc) is 2.72. The Morgan fingerprint density at radius 2 is 1.74 bits per heavy atom. The number of nitrogens with one attached hydrogen (secondary N) is 2. The first-order valence-corrected chi connectivity index (χ1v) is 9.53. The van der Waals surface area contributed by atoms with Gasteiger partial charge in [-0.25, -0.2) is 14.4 Å². The van der Waals surface area contributed by atoms with Crippen LogP contribution in [0, 0.1) is 0 Å². The number of benzene rings is 1. The fraction of sp³-hybridized carbons (Fsp3) is 0.409. The van der Waals surface area contributed by atoms with Gasteiger partial charge < -0.3 is 30.0 Å². The monoisotopic (exact) mass is 434 g/mol. The summed E-state index contributed by atoms with van der Waals surface area (Å²) in [6, 6.07) is 6.73. The highest BCUT2D eigenvalue weighted by Gasteiger charge is 2.35. The highest BCUT2D eigenvalue weighted by molar-refractivity contribution is 5.89. The van der Waals surface area contributed by atoms with Gasteiger partial charge in [0.25, 0.3) is 0 Å². The number of amides is 2. The quantitative estimate of drug-likeness (QED) is 0.236. The Balaban J connectivity index is 2.96. The first kappa shape index (κ1) is 25.7. The lowest BCUT2D eigenvalue weighted by atomic mass is 9.97. The van der Waals surface area contributed by atoms with E-state index >= 15 is 0 Å². The van der Waals surface area contributed by atoms with E-state index < -0.39 is 41.9 Å². The van der Waals surface area contributed by atoms with Crippen molar-refractivity contribution in [2.45, 2.75) is 51.2 Å². The summed E-state index contributed by atoms with van der Waals surface area (Å²) in [5.41, 5.74) is -0.366. The maximum atomic E-state index is 12.3. The second-order valence-corrected chi connectivity index (χ2v) is 7.60. The zero-order chi connectivity index (χ0) is 23.6. The van der Waals surface area contributed by atoms with E-state index in [4.69, 9.17) is 9.47 Å². The number of rotatable bonds is 9. The minimum Gasteiger partial charge on any atom is -0.466 e. The van der Waals surface area contributed by atoms with Gasteiger partial charge in [-0.2, -0.15) is 0 Å². The number of aliphatic hydroxyl groups is 1. The summed E-state index contributed by atoms with van der Waals surface area (Å²) >= 11 is 0. The van der Waals surface area contributed by atoms with E-state index in [1.54, 1.807) is 45.0 Å². The molecule has 0 saturated carbocycles. The Hall–Kier alpha value is -3.33. The third kappa shape index (κ3) is 8.91. The molecule has 31 heavy (non-hydrogen) atoms. The van der Waals surface area contributed by atoms with Crippen molar-refractivity contribution in [3.63, 3.8) is 0 Å². The second-order valence-electron chi connectivity index (χ2n) is 7.60. The summed E-state index contributed by atoms with van der Waals surface area (Å²) in [5.74, 6) is -0.877. The summed E-state index contributed by atoms with van der Waals surface area (Å²) in [5, 5.41) is 15.6. The molecule has 1 aromatic rings. The summed E-state index contributed by atoms with van der Waals surface area (Å²) in [7, 11) is 1.13. The van der Waals surface area contributed by atoms with Crippen LogP contribution >= 0.6 is 0 Å². The second kappa shape index (κ2) is 11.8. The van der Waals surface area contributed by atoms with E-state index in [1.807, 2.05) is 6.07 Å². The minimum atomic E-state index is -1.61. The molecular weight excluding hydrogens is 404 g/mol. The number of methoxy groups -OCH3 is 1. The van der Waals surface area contributed by atoms with E-state index in [0.29, 0.717) is 0 Å². The minimum absolute atomic E-state index is 0.0120. The molecule has 0 spiro atoms. The topological polar surface area (TPSA) is 123 Å². The molecule has 9 heteroatoms. The molecular formula is C22H30N2O7. The molecule has 0 radical (unpaired) electrons. The summed E-state index contributed by atoms with van der Waals surface area (Å²) in [6.45, 7) is 12.1. The Labute approximate surface area is 182 Å². The van der Waals surface area contributed by atoms with Crippen molar-refractivity contribution in [1.29, 1.82) is 0 Å². The van der Waals surface area contributed by atoms with Crippen LogP contribution in [0.5, 0.6) is 0 Å². The van der Waals surface area contributed by atoms with Crippen LogP contribution in [0.25, 0.3) is 0 Å². The molecule has 3 atom stereocenters. The van der Waals surface area contributed by atoms with Gasteiger partial charge in [0.1, 0.15) is 18.3 Å². The molecule has 1 aromatic carbocycles. The fourth-order valence-corrected chi connectivity index (χ4v) is 2.47. The zero-order valence-corrected chi connectivity index (χ0v) is 18.2. The number of carbonyl (C=O) groups excluding carboxylic acids is 3. The zero-order valence-electron chi connectivity index (χ0n) is 18.2. The molecule has 3 N–H and O–H groups in total. The largest absolute Gasteiger partial charge is 0.466 e. The van der Waals surface area contributed by atoms with Crippen molar-refractivity contribution in [2.24, 2.45) is 0 Å². The lowest BCUT2D eigenvalue weighted by Gasteiger charge is -2.31. The summed E-state index contributed by atoms with van der Waals surface area (Å²) in [4.78, 5) is 36.4. The van der Waals surface area contributed by atoms with Gasteiger partial charge in [0, 0.05) is 0 Å². The van der Waals surface area contributed by atoms with Gasteiger partial charge in [0.05, 0.1) is 24.8 Å². The van der Waals surface area contributed by atoms with E-state index in [-0.39, 0.29) is 12.2 Å². The van der Waals surface area contributed by atoms with Gasteiger partial charge in [-0.3, -0.25) is 0 Å². The third-order valence-corrected chi connectivity index (χ3v) is 3.97. The smallest absolute Gasteiger partial charge is 0.408 e. The normalized spacial score (nSPS) is 13.7. The molecule has 0 heterocycles. The van der Waals surface area contributed by atoms with Gasteiger partial charge >= 0.3 is 18.2 Å². The predicted octanol–water partition coefficient (Wildman–Crippen LogP) is 2.45. The maximum absolute atomic E-state index is 12.3. The van der Waals surface area contributed by atoms with E-state index in [1.165, 1.54) is 6.08 Å². The maximum Gasteiger partial charge on any atom is 0.408 e. The van der Waals surface area contributed by atoms with Crippen LogP contribution in [0.2, 0.25) is 0 Å². The number of hydrogen-bond acceptors (Lipinski definition) is 7. The molecule has 0 bridgehead atoms. The summed E-state index contributed by atoms with van der Waals surface area (Å²) < 4.78 is 14.9. The lowest BCUT2D eigenvalue weighted by Crippen LogP contribution is -2.57. The number of ether oxygens (including phenoxy) is 3. The number of alkyl carbamates (subject to hydrolysis) is 2. The predicted molar refractivity (Wildman–Crippen MR) is 114 cm³/mol. The van der Waals surface area contributed by atoms with E-state index in [0.717, 1.165) is 12.7 Å². The van der Waals surface area contributed by atoms with Crippen LogP contribution < -0.4 is 10.6 Å². The fourth-order valence-electron chi connectivity index (χ4n) is 2.47. The van der Waals surface area contributed by atoms with E-state index in [9.17, 15) is 19.5 Å². The molecule has 2 amide bonds. The molecule has 0 saturated heterocycles. The van der Waals surface area contributed by atoms with Crippen molar-refractivity contribution < 1.29 is 33.7 Å². The van der Waals surface area contributed by atoms with Gasteiger partial charge in [-0.1, -0.05) is 43.0 Å². The Morgan fingerprint density at radius 3 is 2.26 bits per heavy atom. The SMILES string of the molecule is C=C[C@@H](NC(=O)OCc1ccccc1)[C@H](NC(=O)OC(C)(C)C)[C@@H](O)C(=C)C(=O)OC. The molecule has 0 aliphatic heterocycles. The molecule has 0 aliphatic rings. The Bertz CT molecular complexity index is 787. The molecule has 1 rings (SSSR count). The number of esters is 1. The standard InChI is InChI=1S/C22H30N2O7/c1-7-16(23-20(27)30-13-15-11-9-8-10-12-15)17(18(25)14(2)19(26)29-6)24-21(28)31-22(3,4)5/h7-12,16-18,25H,1-2,13H2,3-6H3,(H,23,27)(H,24,28)/t16-,17+,18+/m1/s1. The Kier molecular flexibility index (Phi) is 9.75. The van der Waals surface area contributed by atoms with Crippen LogP contribution in [0.3, 0.4) is 0 Å². The van der Waals surface area contributed by atoms with Crippen LogP contribution in [0.4, 0.5) is 9.59 Å². The van der Waals surface area contributed by atoms with Crippen molar-refractivity contribution in [3.8, 4) is 0 Å². The first-order chi connectivity index (χ1) is 14.5.